The van der Waals surface area contributed by atoms with Gasteiger partial charge in [0.2, 0.25) is 5.75 Å². The van der Waals surface area contributed by atoms with Crippen LogP contribution in [0.25, 0.3) is 0 Å². The zero-order chi connectivity index (χ0) is 17.6. The van der Waals surface area contributed by atoms with E-state index in [9.17, 15) is 0 Å². The Morgan fingerprint density at radius 2 is 1.52 bits per heavy atom. The molecule has 0 radical (unpaired) electrons. The molecular formula is C19H25N3O3. The summed E-state index contributed by atoms with van der Waals surface area (Å²) in [6.45, 7) is 3.91. The van der Waals surface area contributed by atoms with Crippen molar-refractivity contribution < 1.29 is 14.2 Å². The van der Waals surface area contributed by atoms with Gasteiger partial charge in [0, 0.05) is 38.6 Å². The van der Waals surface area contributed by atoms with E-state index in [4.69, 9.17) is 14.2 Å². The third kappa shape index (κ3) is 3.70. The van der Waals surface area contributed by atoms with Crippen LogP contribution in [0.15, 0.2) is 36.7 Å². The molecule has 1 aliphatic rings. The molecule has 0 saturated carbocycles. The van der Waals surface area contributed by atoms with Gasteiger partial charge in [0.1, 0.15) is 0 Å². The lowest BCUT2D eigenvalue weighted by atomic mass is 9.96. The minimum absolute atomic E-state index is 0.110. The number of nitrogens with one attached hydrogen (secondary N) is 1. The minimum atomic E-state index is 0.110. The third-order valence-corrected chi connectivity index (χ3v) is 4.54. The topological polar surface area (TPSA) is 55.9 Å². The number of piperazine rings is 1. The second-order valence-electron chi connectivity index (χ2n) is 5.93. The Morgan fingerprint density at radius 1 is 0.920 bits per heavy atom. The van der Waals surface area contributed by atoms with Crippen LogP contribution >= 0.6 is 0 Å². The van der Waals surface area contributed by atoms with Crippen LogP contribution in [-0.2, 0) is 0 Å². The largest absolute Gasteiger partial charge is 0.493 e. The molecule has 1 unspecified atom stereocenters. The first-order valence-electron chi connectivity index (χ1n) is 8.43. The van der Waals surface area contributed by atoms with Crippen molar-refractivity contribution >= 4 is 0 Å². The van der Waals surface area contributed by atoms with Crippen LogP contribution < -0.4 is 19.5 Å². The van der Waals surface area contributed by atoms with Gasteiger partial charge in [-0.05, 0) is 35.4 Å². The highest BCUT2D eigenvalue weighted by Gasteiger charge is 2.26. The number of rotatable bonds is 6. The molecule has 1 fully saturated rings. The zero-order valence-corrected chi connectivity index (χ0v) is 15.0. The third-order valence-electron chi connectivity index (χ3n) is 4.54. The van der Waals surface area contributed by atoms with Gasteiger partial charge in [-0.25, -0.2) is 0 Å². The molecule has 3 rings (SSSR count). The predicted octanol–water partition coefficient (Wildman–Crippen LogP) is 2.10. The summed E-state index contributed by atoms with van der Waals surface area (Å²) >= 11 is 0. The standard InChI is InChI=1S/C19H25N3O3/c1-23-16-12-15(13-17(24-2)19(16)25-3)18(14-4-6-20-7-5-14)22-10-8-21-9-11-22/h4-7,12-13,18,21H,8-11H2,1-3H3. The average molecular weight is 343 g/mol. The molecule has 1 aromatic carbocycles. The summed E-state index contributed by atoms with van der Waals surface area (Å²) in [6.07, 6.45) is 3.67. The van der Waals surface area contributed by atoms with Crippen molar-refractivity contribution in [1.29, 1.82) is 0 Å². The van der Waals surface area contributed by atoms with E-state index in [0.29, 0.717) is 17.2 Å². The van der Waals surface area contributed by atoms with E-state index in [1.165, 1.54) is 5.56 Å². The average Bonchev–Trinajstić information content (AvgIpc) is 2.69. The van der Waals surface area contributed by atoms with Gasteiger partial charge in [0.25, 0.3) is 0 Å². The van der Waals surface area contributed by atoms with Crippen LogP contribution in [0.5, 0.6) is 17.2 Å². The van der Waals surface area contributed by atoms with Crippen molar-refractivity contribution in [2.45, 2.75) is 6.04 Å². The Kier molecular flexibility index (Phi) is 5.73. The Bertz CT molecular complexity index is 663. The minimum Gasteiger partial charge on any atom is -0.493 e. The second-order valence-corrected chi connectivity index (χ2v) is 5.93. The lowest BCUT2D eigenvalue weighted by molar-refractivity contribution is 0.197. The fraction of sp³-hybridized carbons (Fsp3) is 0.421. The molecule has 134 valence electrons. The van der Waals surface area contributed by atoms with Crippen molar-refractivity contribution in [3.8, 4) is 17.2 Å². The first-order chi connectivity index (χ1) is 12.3. The van der Waals surface area contributed by atoms with Gasteiger partial charge in [-0.1, -0.05) is 0 Å². The Morgan fingerprint density at radius 3 is 2.04 bits per heavy atom. The number of aromatic nitrogens is 1. The molecule has 0 spiro atoms. The van der Waals surface area contributed by atoms with Crippen LogP contribution in [0.1, 0.15) is 17.2 Å². The maximum absolute atomic E-state index is 5.54. The fourth-order valence-corrected chi connectivity index (χ4v) is 3.36. The summed E-state index contributed by atoms with van der Waals surface area (Å²) in [4.78, 5) is 6.63. The van der Waals surface area contributed by atoms with Crippen molar-refractivity contribution in [1.82, 2.24) is 15.2 Å². The van der Waals surface area contributed by atoms with Crippen molar-refractivity contribution in [2.24, 2.45) is 0 Å². The van der Waals surface area contributed by atoms with Crippen LogP contribution in [0, 0.1) is 0 Å². The Hall–Kier alpha value is -2.31. The van der Waals surface area contributed by atoms with E-state index in [1.807, 2.05) is 24.5 Å². The molecule has 0 amide bonds. The van der Waals surface area contributed by atoms with E-state index in [1.54, 1.807) is 21.3 Å². The molecule has 0 aliphatic carbocycles. The van der Waals surface area contributed by atoms with Crippen molar-refractivity contribution in [2.75, 3.05) is 47.5 Å². The van der Waals surface area contributed by atoms with Crippen LogP contribution in [0.3, 0.4) is 0 Å². The highest BCUT2D eigenvalue weighted by molar-refractivity contribution is 5.55. The fourth-order valence-electron chi connectivity index (χ4n) is 3.36. The molecule has 6 heteroatoms. The monoisotopic (exact) mass is 343 g/mol. The van der Waals surface area contributed by atoms with Crippen LogP contribution in [0.2, 0.25) is 0 Å². The highest BCUT2D eigenvalue weighted by atomic mass is 16.5. The number of benzene rings is 1. The number of hydrogen-bond donors (Lipinski definition) is 1. The highest BCUT2D eigenvalue weighted by Crippen LogP contribution is 2.42. The molecule has 2 heterocycles. The lowest BCUT2D eigenvalue weighted by Gasteiger charge is -2.36. The maximum atomic E-state index is 5.54. The smallest absolute Gasteiger partial charge is 0.203 e. The van der Waals surface area contributed by atoms with Crippen molar-refractivity contribution in [3.05, 3.63) is 47.8 Å². The first kappa shape index (κ1) is 17.5. The second kappa shape index (κ2) is 8.18. The molecule has 25 heavy (non-hydrogen) atoms. The zero-order valence-electron chi connectivity index (χ0n) is 15.0. The molecule has 6 nitrogen and oxygen atoms in total. The number of nitrogens with zero attached hydrogens (tertiary/aromatic N) is 2. The van der Waals surface area contributed by atoms with E-state index in [-0.39, 0.29) is 6.04 Å². The molecular weight excluding hydrogens is 318 g/mol. The molecule has 0 bridgehead atoms. The lowest BCUT2D eigenvalue weighted by Crippen LogP contribution is -2.45. The maximum Gasteiger partial charge on any atom is 0.203 e. The molecule has 1 N–H and O–H groups in total. The summed E-state index contributed by atoms with van der Waals surface area (Å²) in [5, 5.41) is 3.41. The van der Waals surface area contributed by atoms with Gasteiger partial charge in [0.15, 0.2) is 11.5 Å². The van der Waals surface area contributed by atoms with Crippen LogP contribution in [0.4, 0.5) is 0 Å². The van der Waals surface area contributed by atoms with Gasteiger partial charge in [0.05, 0.1) is 27.4 Å². The molecule has 1 aromatic heterocycles. The first-order valence-corrected chi connectivity index (χ1v) is 8.43. The molecule has 1 atom stereocenters. The number of hydrogen-bond acceptors (Lipinski definition) is 6. The van der Waals surface area contributed by atoms with E-state index >= 15 is 0 Å². The molecule has 1 saturated heterocycles. The van der Waals surface area contributed by atoms with Gasteiger partial charge in [-0.2, -0.15) is 0 Å². The predicted molar refractivity (Wildman–Crippen MR) is 96.6 cm³/mol. The van der Waals surface area contributed by atoms with Crippen LogP contribution in [-0.4, -0.2) is 57.4 Å². The summed E-state index contributed by atoms with van der Waals surface area (Å²) in [6, 6.07) is 8.31. The van der Waals surface area contributed by atoms with Gasteiger partial charge >= 0.3 is 0 Å². The van der Waals surface area contributed by atoms with E-state index in [2.05, 4.69) is 27.3 Å². The SMILES string of the molecule is COc1cc(C(c2ccncc2)N2CCNCC2)cc(OC)c1OC. The number of methoxy groups -OCH3 is 3. The van der Waals surface area contributed by atoms with Crippen molar-refractivity contribution in [3.63, 3.8) is 0 Å². The quantitative estimate of drug-likeness (QED) is 0.867. The van der Waals surface area contributed by atoms with Gasteiger partial charge < -0.3 is 19.5 Å². The summed E-state index contributed by atoms with van der Waals surface area (Å²) < 4.78 is 16.5. The van der Waals surface area contributed by atoms with Gasteiger partial charge in [-0.3, -0.25) is 9.88 Å². The number of pyridine rings is 1. The van der Waals surface area contributed by atoms with E-state index < -0.39 is 0 Å². The van der Waals surface area contributed by atoms with Gasteiger partial charge in [-0.15, -0.1) is 0 Å². The summed E-state index contributed by atoms with van der Waals surface area (Å²) in [5.74, 6) is 1.96. The summed E-state index contributed by atoms with van der Waals surface area (Å²) in [7, 11) is 4.91. The summed E-state index contributed by atoms with van der Waals surface area (Å²) in [5.41, 5.74) is 2.31. The Labute approximate surface area is 148 Å². The molecule has 2 aromatic rings. The normalized spacial score (nSPS) is 16.3. The number of ether oxygens (including phenoxy) is 3. The molecule has 1 aliphatic heterocycles. The van der Waals surface area contributed by atoms with E-state index in [0.717, 1.165) is 31.7 Å². The Balaban J connectivity index is 2.09.